The van der Waals surface area contributed by atoms with Gasteiger partial charge in [0.2, 0.25) is 11.8 Å². The summed E-state index contributed by atoms with van der Waals surface area (Å²) in [5.74, 6) is -1.35. The maximum atomic E-state index is 11.5. The van der Waals surface area contributed by atoms with Gasteiger partial charge in [0.05, 0.1) is 39.6 Å². The molecule has 0 bridgehead atoms. The lowest BCUT2D eigenvalue weighted by molar-refractivity contribution is -0.137. The predicted octanol–water partition coefficient (Wildman–Crippen LogP) is -0.481. The molecule has 0 aromatic heterocycles. The van der Waals surface area contributed by atoms with Crippen molar-refractivity contribution in [1.29, 1.82) is 0 Å². The van der Waals surface area contributed by atoms with Crippen LogP contribution in [0.4, 0.5) is 0 Å². The van der Waals surface area contributed by atoms with Gasteiger partial charge in [-0.3, -0.25) is 19.2 Å². The van der Waals surface area contributed by atoms with Crippen LogP contribution in [-0.4, -0.2) is 94.6 Å². The van der Waals surface area contributed by atoms with E-state index in [1.54, 1.807) is 6.92 Å². The molecule has 0 aromatic carbocycles. The lowest BCUT2D eigenvalue weighted by atomic mass is 10.2. The lowest BCUT2D eigenvalue weighted by Crippen LogP contribution is -2.31. The van der Waals surface area contributed by atoms with Crippen LogP contribution in [0.3, 0.4) is 0 Å². The van der Waals surface area contributed by atoms with Crippen LogP contribution in [0.15, 0.2) is 0 Å². The van der Waals surface area contributed by atoms with Crippen molar-refractivity contribution in [2.45, 2.75) is 32.6 Å². The molecule has 0 unspecified atom stereocenters. The average Bonchev–Trinajstić information content (AvgIpc) is 2.71. The molecule has 0 rings (SSSR count). The third kappa shape index (κ3) is 20.6. The molecular formula is C19H34N2O9. The van der Waals surface area contributed by atoms with Crippen LogP contribution in [0.5, 0.6) is 0 Å². The molecule has 0 radical (unpaired) electrons. The van der Waals surface area contributed by atoms with Crippen molar-refractivity contribution in [2.24, 2.45) is 0 Å². The molecule has 11 heteroatoms. The van der Waals surface area contributed by atoms with Crippen molar-refractivity contribution in [1.82, 2.24) is 10.6 Å². The number of carboxylic acid groups (broad SMARTS) is 1. The second-order valence-corrected chi connectivity index (χ2v) is 6.17. The fourth-order valence-electron chi connectivity index (χ4n) is 1.96. The Bertz CT molecular complexity index is 500. The Hall–Kier alpha value is -2.08. The summed E-state index contributed by atoms with van der Waals surface area (Å²) < 4.78 is 20.8. The number of ketones is 1. The van der Waals surface area contributed by atoms with Crippen molar-refractivity contribution < 1.29 is 43.2 Å². The number of carboxylic acids is 1. The zero-order valence-electron chi connectivity index (χ0n) is 17.6. The summed E-state index contributed by atoms with van der Waals surface area (Å²) in [6, 6.07) is 0. The zero-order chi connectivity index (χ0) is 22.5. The topological polar surface area (TPSA) is 149 Å². The van der Waals surface area contributed by atoms with Crippen molar-refractivity contribution in [3.63, 3.8) is 0 Å². The van der Waals surface area contributed by atoms with Gasteiger partial charge in [-0.15, -0.1) is 0 Å². The molecule has 0 aliphatic heterocycles. The molecule has 174 valence electrons. The molecule has 0 spiro atoms. The molecule has 2 amide bonds. The van der Waals surface area contributed by atoms with E-state index in [0.29, 0.717) is 52.4 Å². The number of Topliss-reactive ketones (excluding diaryl/α,β-unsaturated/α-hetero) is 1. The Labute approximate surface area is 176 Å². The third-order valence-electron chi connectivity index (χ3n) is 3.57. The summed E-state index contributed by atoms with van der Waals surface area (Å²) in [7, 11) is 0. The second kappa shape index (κ2) is 20.2. The van der Waals surface area contributed by atoms with Gasteiger partial charge in [0.1, 0.15) is 13.2 Å². The average molecular weight is 434 g/mol. The van der Waals surface area contributed by atoms with Crippen molar-refractivity contribution in [2.75, 3.05) is 65.9 Å². The summed E-state index contributed by atoms with van der Waals surface area (Å²) in [4.78, 5) is 44.3. The summed E-state index contributed by atoms with van der Waals surface area (Å²) in [6.45, 7) is 4.30. The third-order valence-corrected chi connectivity index (χ3v) is 3.57. The molecule has 0 saturated heterocycles. The number of rotatable bonds is 21. The smallest absolute Gasteiger partial charge is 0.303 e. The van der Waals surface area contributed by atoms with E-state index in [0.717, 1.165) is 0 Å². The molecular weight excluding hydrogens is 400 g/mol. The molecule has 0 aromatic rings. The summed E-state index contributed by atoms with van der Waals surface area (Å²) in [6.07, 6.45) is 0.902. The molecule has 0 heterocycles. The van der Waals surface area contributed by atoms with Crippen LogP contribution in [0, 0.1) is 0 Å². The highest BCUT2D eigenvalue weighted by Crippen LogP contribution is 1.94. The van der Waals surface area contributed by atoms with Crippen LogP contribution in [-0.2, 0) is 38.1 Å². The fraction of sp³-hybridized carbons (Fsp3) is 0.789. The van der Waals surface area contributed by atoms with Gasteiger partial charge in [-0.1, -0.05) is 6.92 Å². The summed E-state index contributed by atoms with van der Waals surface area (Å²) >= 11 is 0. The Morgan fingerprint density at radius 1 is 0.700 bits per heavy atom. The second-order valence-electron chi connectivity index (χ2n) is 6.17. The van der Waals surface area contributed by atoms with Gasteiger partial charge in [-0.25, -0.2) is 0 Å². The minimum absolute atomic E-state index is 0.0287. The van der Waals surface area contributed by atoms with Crippen LogP contribution < -0.4 is 10.6 Å². The predicted molar refractivity (Wildman–Crippen MR) is 106 cm³/mol. The Balaban J connectivity index is 3.31. The molecule has 3 N–H and O–H groups in total. The summed E-state index contributed by atoms with van der Waals surface area (Å²) in [5.41, 5.74) is 0. The van der Waals surface area contributed by atoms with Gasteiger partial charge >= 0.3 is 5.97 Å². The monoisotopic (exact) mass is 434 g/mol. The van der Waals surface area contributed by atoms with Crippen molar-refractivity contribution in [3.8, 4) is 0 Å². The first-order valence-electron chi connectivity index (χ1n) is 10.0. The number of hydrogen-bond acceptors (Lipinski definition) is 8. The summed E-state index contributed by atoms with van der Waals surface area (Å²) in [5, 5.41) is 13.7. The first kappa shape index (κ1) is 27.9. The maximum absolute atomic E-state index is 11.5. The number of ether oxygens (including phenoxy) is 4. The lowest BCUT2D eigenvalue weighted by Gasteiger charge is -2.08. The van der Waals surface area contributed by atoms with E-state index in [1.807, 2.05) is 0 Å². The largest absolute Gasteiger partial charge is 0.481 e. The normalized spacial score (nSPS) is 10.6. The maximum Gasteiger partial charge on any atom is 0.303 e. The number of nitrogens with one attached hydrogen (secondary N) is 2. The van der Waals surface area contributed by atoms with Gasteiger partial charge in [-0.2, -0.15) is 0 Å². The van der Waals surface area contributed by atoms with Crippen molar-refractivity contribution >= 4 is 23.6 Å². The minimum atomic E-state index is -0.920. The van der Waals surface area contributed by atoms with Gasteiger partial charge in [-0.05, 0) is 6.42 Å². The highest BCUT2D eigenvalue weighted by Gasteiger charge is 2.04. The van der Waals surface area contributed by atoms with Crippen LogP contribution in [0.2, 0.25) is 0 Å². The van der Waals surface area contributed by atoms with E-state index >= 15 is 0 Å². The zero-order valence-corrected chi connectivity index (χ0v) is 17.6. The SMILES string of the molecule is CCC(=O)COCCOCCNC(=O)COCCOCCNC(=O)CCCC(=O)O. The molecule has 30 heavy (non-hydrogen) atoms. The Morgan fingerprint density at radius 3 is 1.80 bits per heavy atom. The van der Waals surface area contributed by atoms with E-state index in [9.17, 15) is 19.2 Å². The standard InChI is InChI=1S/C19H34N2O9/c1-2-16(22)14-29-12-10-28-9-7-21-18(24)15-30-13-11-27-8-6-20-17(23)4-3-5-19(25)26/h2-15H2,1H3,(H,20,23)(H,21,24)(H,25,26). The number of aliphatic carboxylic acids is 1. The van der Waals surface area contributed by atoms with E-state index in [1.165, 1.54) is 0 Å². The van der Waals surface area contributed by atoms with E-state index < -0.39 is 5.97 Å². The van der Waals surface area contributed by atoms with E-state index in [4.69, 9.17) is 24.1 Å². The minimum Gasteiger partial charge on any atom is -0.481 e. The highest BCUT2D eigenvalue weighted by atomic mass is 16.5. The molecule has 0 saturated carbocycles. The molecule has 0 atom stereocenters. The van der Waals surface area contributed by atoms with E-state index in [2.05, 4.69) is 10.6 Å². The van der Waals surface area contributed by atoms with Crippen LogP contribution in [0.1, 0.15) is 32.6 Å². The van der Waals surface area contributed by atoms with Crippen molar-refractivity contribution in [3.05, 3.63) is 0 Å². The van der Waals surface area contributed by atoms with Gasteiger partial charge in [0, 0.05) is 32.4 Å². The highest BCUT2D eigenvalue weighted by molar-refractivity contribution is 5.79. The van der Waals surface area contributed by atoms with Crippen LogP contribution >= 0.6 is 0 Å². The number of carbonyl (C=O) groups excluding carboxylic acids is 3. The van der Waals surface area contributed by atoms with Gasteiger partial charge in [0.25, 0.3) is 0 Å². The van der Waals surface area contributed by atoms with Gasteiger partial charge in [0.15, 0.2) is 5.78 Å². The molecule has 0 aliphatic rings. The first-order valence-corrected chi connectivity index (χ1v) is 10.0. The Kier molecular flexibility index (Phi) is 18.8. The number of carbonyl (C=O) groups is 4. The van der Waals surface area contributed by atoms with Crippen LogP contribution in [0.25, 0.3) is 0 Å². The fourth-order valence-corrected chi connectivity index (χ4v) is 1.96. The number of amides is 2. The number of hydrogen-bond donors (Lipinski definition) is 3. The van der Waals surface area contributed by atoms with E-state index in [-0.39, 0.29) is 56.9 Å². The van der Waals surface area contributed by atoms with Gasteiger partial charge < -0.3 is 34.7 Å². The molecule has 11 nitrogen and oxygen atoms in total. The first-order chi connectivity index (χ1) is 14.5. The Morgan fingerprint density at radius 2 is 1.23 bits per heavy atom. The quantitative estimate of drug-likeness (QED) is 0.204. The molecule has 0 fully saturated rings. The molecule has 0 aliphatic carbocycles.